The number of carbonyl (C=O) groups excluding carboxylic acids is 1. The number of morpholine rings is 1. The molecule has 29 heavy (non-hydrogen) atoms. The molecule has 158 valence electrons. The van der Waals surface area contributed by atoms with Crippen molar-refractivity contribution in [1.29, 1.82) is 0 Å². The molecular formula is C22H31N3O4. The molecule has 1 saturated carbocycles. The zero-order chi connectivity index (χ0) is 20.0. The van der Waals surface area contributed by atoms with Gasteiger partial charge in [0.25, 0.3) is 5.56 Å². The van der Waals surface area contributed by atoms with Gasteiger partial charge in [-0.15, -0.1) is 0 Å². The van der Waals surface area contributed by atoms with Crippen molar-refractivity contribution in [2.75, 3.05) is 39.5 Å². The van der Waals surface area contributed by atoms with Gasteiger partial charge in [0.15, 0.2) is 0 Å². The Hall–Kier alpha value is -1.70. The molecule has 1 aromatic heterocycles. The van der Waals surface area contributed by atoms with Crippen molar-refractivity contribution in [3.8, 4) is 0 Å². The maximum Gasteiger partial charge on any atom is 0.250 e. The van der Waals surface area contributed by atoms with E-state index in [-0.39, 0.29) is 42.0 Å². The number of hydrogen-bond acceptors (Lipinski definition) is 5. The van der Waals surface area contributed by atoms with Gasteiger partial charge in [0.1, 0.15) is 0 Å². The van der Waals surface area contributed by atoms with E-state index < -0.39 is 0 Å². The van der Waals surface area contributed by atoms with Gasteiger partial charge in [-0.2, -0.15) is 0 Å². The third kappa shape index (κ3) is 3.23. The van der Waals surface area contributed by atoms with E-state index in [9.17, 15) is 14.7 Å². The van der Waals surface area contributed by atoms with Gasteiger partial charge in [-0.1, -0.05) is 18.9 Å². The predicted octanol–water partition coefficient (Wildman–Crippen LogP) is 0.861. The highest BCUT2D eigenvalue weighted by Crippen LogP contribution is 2.50. The highest BCUT2D eigenvalue weighted by Gasteiger charge is 2.56. The Balaban J connectivity index is 1.51. The summed E-state index contributed by atoms with van der Waals surface area (Å²) >= 11 is 0. The van der Waals surface area contributed by atoms with E-state index in [2.05, 4.69) is 4.90 Å². The van der Waals surface area contributed by atoms with Crippen LogP contribution in [0, 0.1) is 17.8 Å². The molecule has 1 aliphatic carbocycles. The summed E-state index contributed by atoms with van der Waals surface area (Å²) in [5.41, 5.74) is 1.03. The Morgan fingerprint density at radius 1 is 1.17 bits per heavy atom. The molecule has 0 bridgehead atoms. The summed E-state index contributed by atoms with van der Waals surface area (Å²) in [5.74, 6) is 0.685. The van der Waals surface area contributed by atoms with Crippen LogP contribution in [0.25, 0.3) is 0 Å². The first-order chi connectivity index (χ1) is 14.2. The summed E-state index contributed by atoms with van der Waals surface area (Å²) in [5, 5.41) is 10.3. The molecule has 2 saturated heterocycles. The number of aromatic nitrogens is 1. The van der Waals surface area contributed by atoms with Gasteiger partial charge in [-0.25, -0.2) is 0 Å². The van der Waals surface area contributed by atoms with Crippen molar-refractivity contribution in [2.24, 2.45) is 17.8 Å². The number of fused-ring (bicyclic) bond motifs is 3. The minimum absolute atomic E-state index is 0.0189. The number of nitrogens with zero attached hydrogens (tertiary/aromatic N) is 3. The lowest BCUT2D eigenvalue weighted by molar-refractivity contribution is -0.142. The van der Waals surface area contributed by atoms with E-state index in [1.54, 1.807) is 6.07 Å². The second-order valence-corrected chi connectivity index (χ2v) is 9.08. The summed E-state index contributed by atoms with van der Waals surface area (Å²) in [4.78, 5) is 30.3. The van der Waals surface area contributed by atoms with Crippen molar-refractivity contribution in [2.45, 2.75) is 44.3 Å². The highest BCUT2D eigenvalue weighted by atomic mass is 16.5. The van der Waals surface area contributed by atoms with Gasteiger partial charge in [0.2, 0.25) is 5.91 Å². The molecule has 0 unspecified atom stereocenters. The zero-order valence-electron chi connectivity index (χ0n) is 16.9. The quantitative estimate of drug-likeness (QED) is 0.810. The number of hydrogen-bond donors (Lipinski definition) is 1. The SMILES string of the molecule is O=C([C@H]1[C@H](CO)[C@H]2Cn3c(cccc3=O)[C@H]2N1CC1CCCC1)N1CCOCC1. The van der Waals surface area contributed by atoms with Gasteiger partial charge in [0.05, 0.1) is 25.3 Å². The van der Waals surface area contributed by atoms with Gasteiger partial charge in [0, 0.05) is 56.4 Å². The van der Waals surface area contributed by atoms with Crippen LogP contribution in [0.1, 0.15) is 37.4 Å². The Kier molecular flexibility index (Phi) is 5.22. The topological polar surface area (TPSA) is 75.0 Å². The van der Waals surface area contributed by atoms with Gasteiger partial charge < -0.3 is 19.3 Å². The number of likely N-dealkylation sites (tertiary alicyclic amines) is 1. The Morgan fingerprint density at radius 2 is 1.93 bits per heavy atom. The summed E-state index contributed by atoms with van der Waals surface area (Å²) in [6.07, 6.45) is 4.93. The lowest BCUT2D eigenvalue weighted by Gasteiger charge is -2.37. The molecule has 1 amide bonds. The fourth-order valence-electron chi connectivity index (χ4n) is 6.21. The van der Waals surface area contributed by atoms with Gasteiger partial charge >= 0.3 is 0 Å². The van der Waals surface area contributed by atoms with Crippen LogP contribution in [-0.2, 0) is 16.1 Å². The number of aliphatic hydroxyl groups excluding tert-OH is 1. The lowest BCUT2D eigenvalue weighted by atomic mass is 9.88. The molecular weight excluding hydrogens is 370 g/mol. The Labute approximate surface area is 171 Å². The predicted molar refractivity (Wildman–Crippen MR) is 107 cm³/mol. The first-order valence-corrected chi connectivity index (χ1v) is 11.1. The van der Waals surface area contributed by atoms with Crippen molar-refractivity contribution in [3.05, 3.63) is 34.2 Å². The van der Waals surface area contributed by atoms with Crippen LogP contribution in [0.5, 0.6) is 0 Å². The zero-order valence-corrected chi connectivity index (χ0v) is 16.9. The van der Waals surface area contributed by atoms with Crippen LogP contribution in [0.3, 0.4) is 0 Å². The largest absolute Gasteiger partial charge is 0.396 e. The van der Waals surface area contributed by atoms with E-state index in [0.717, 1.165) is 12.2 Å². The van der Waals surface area contributed by atoms with Crippen LogP contribution in [-0.4, -0.2) is 70.9 Å². The molecule has 4 heterocycles. The third-order valence-corrected chi connectivity index (χ3v) is 7.59. The maximum atomic E-state index is 13.6. The Morgan fingerprint density at radius 3 is 2.66 bits per heavy atom. The van der Waals surface area contributed by atoms with Crippen LogP contribution < -0.4 is 5.56 Å². The van der Waals surface area contributed by atoms with E-state index in [1.807, 2.05) is 21.6 Å². The van der Waals surface area contributed by atoms with Crippen molar-refractivity contribution in [1.82, 2.24) is 14.4 Å². The van der Waals surface area contributed by atoms with Gasteiger partial charge in [-0.3, -0.25) is 14.5 Å². The minimum Gasteiger partial charge on any atom is -0.396 e. The molecule has 4 aliphatic rings. The number of pyridine rings is 1. The second kappa shape index (κ2) is 7.85. The smallest absolute Gasteiger partial charge is 0.250 e. The molecule has 7 nitrogen and oxygen atoms in total. The van der Waals surface area contributed by atoms with Crippen molar-refractivity contribution in [3.63, 3.8) is 0 Å². The monoisotopic (exact) mass is 401 g/mol. The fraction of sp³-hybridized carbons (Fsp3) is 0.727. The molecule has 3 aliphatic heterocycles. The third-order valence-electron chi connectivity index (χ3n) is 7.59. The highest BCUT2D eigenvalue weighted by molar-refractivity contribution is 5.83. The number of ether oxygens (including phenoxy) is 1. The van der Waals surface area contributed by atoms with E-state index in [1.165, 1.54) is 25.7 Å². The van der Waals surface area contributed by atoms with E-state index in [0.29, 0.717) is 38.8 Å². The fourth-order valence-corrected chi connectivity index (χ4v) is 6.21. The molecule has 1 aromatic rings. The first kappa shape index (κ1) is 19.3. The molecule has 7 heteroatoms. The maximum absolute atomic E-state index is 13.6. The average molecular weight is 402 g/mol. The molecule has 4 atom stereocenters. The normalized spacial score (nSPS) is 32.5. The number of carbonyl (C=O) groups is 1. The lowest BCUT2D eigenvalue weighted by Crippen LogP contribution is -2.53. The molecule has 0 aromatic carbocycles. The number of amides is 1. The molecule has 0 spiro atoms. The van der Waals surface area contributed by atoms with E-state index in [4.69, 9.17) is 4.74 Å². The van der Waals surface area contributed by atoms with Crippen molar-refractivity contribution >= 4 is 5.91 Å². The van der Waals surface area contributed by atoms with Crippen LogP contribution >= 0.6 is 0 Å². The molecule has 0 radical (unpaired) electrons. The summed E-state index contributed by atoms with van der Waals surface area (Å²) < 4.78 is 7.30. The summed E-state index contributed by atoms with van der Waals surface area (Å²) in [6, 6.07) is 5.20. The molecule has 3 fully saturated rings. The summed E-state index contributed by atoms with van der Waals surface area (Å²) in [7, 11) is 0. The average Bonchev–Trinajstić information content (AvgIpc) is 3.45. The van der Waals surface area contributed by atoms with Crippen molar-refractivity contribution < 1.29 is 14.6 Å². The Bertz CT molecular complexity index is 813. The number of rotatable bonds is 4. The van der Waals surface area contributed by atoms with E-state index >= 15 is 0 Å². The second-order valence-electron chi connectivity index (χ2n) is 9.08. The summed E-state index contributed by atoms with van der Waals surface area (Å²) in [6.45, 7) is 3.85. The molecule has 1 N–H and O–H groups in total. The standard InChI is InChI=1S/C22H31N3O4/c26-14-17-16-13-24-18(6-3-7-19(24)27)20(16)25(12-15-4-1-2-5-15)21(17)22(28)23-8-10-29-11-9-23/h3,6-7,15-17,20-21,26H,1-2,4-5,8-14H2/t16-,17-,20+,21-/m1/s1. The van der Waals surface area contributed by atoms with Crippen LogP contribution in [0.15, 0.2) is 23.0 Å². The first-order valence-electron chi connectivity index (χ1n) is 11.1. The number of aliphatic hydroxyl groups is 1. The van der Waals surface area contributed by atoms with Gasteiger partial charge in [-0.05, 0) is 24.8 Å². The van der Waals surface area contributed by atoms with Crippen LogP contribution in [0.2, 0.25) is 0 Å². The molecule has 5 rings (SSSR count). The minimum atomic E-state index is -0.308. The van der Waals surface area contributed by atoms with Crippen LogP contribution in [0.4, 0.5) is 0 Å².